The third-order valence-corrected chi connectivity index (χ3v) is 3.94. The molecule has 1 heterocycles. The number of rotatable bonds is 4. The van der Waals surface area contributed by atoms with Crippen molar-refractivity contribution in [1.29, 1.82) is 0 Å². The summed E-state index contributed by atoms with van der Waals surface area (Å²) in [5.41, 5.74) is 4.40. The number of fused-ring (bicyclic) bond motifs is 1. The molecule has 1 nitrogen and oxygen atoms in total. The molecule has 1 heteroatoms. The van der Waals surface area contributed by atoms with Gasteiger partial charge in [0.1, 0.15) is 0 Å². The normalized spacial score (nSPS) is 15.4. The Bertz CT molecular complexity index is 571. The molecule has 0 N–H and O–H groups in total. The lowest BCUT2D eigenvalue weighted by Crippen LogP contribution is -2.30. The molecule has 0 aliphatic carbocycles. The Labute approximate surface area is 121 Å². The Hall–Kier alpha value is -1.86. The summed E-state index contributed by atoms with van der Waals surface area (Å²) < 4.78 is 0. The molecule has 0 bridgehead atoms. The Morgan fingerprint density at radius 2 is 1.60 bits per heavy atom. The molecule has 1 aliphatic rings. The molecule has 3 rings (SSSR count). The van der Waals surface area contributed by atoms with E-state index in [0.29, 0.717) is 0 Å². The average molecular weight is 263 g/mol. The van der Waals surface area contributed by atoms with Crippen molar-refractivity contribution in [3.8, 4) is 0 Å². The molecule has 0 aromatic heterocycles. The van der Waals surface area contributed by atoms with Crippen LogP contribution < -0.4 is 0 Å². The van der Waals surface area contributed by atoms with Gasteiger partial charge in [-0.25, -0.2) is 0 Å². The Morgan fingerprint density at radius 3 is 2.45 bits per heavy atom. The van der Waals surface area contributed by atoms with Crippen molar-refractivity contribution in [2.24, 2.45) is 0 Å². The maximum Gasteiger partial charge on any atom is 0.0239 e. The molecule has 2 aromatic carbocycles. The molecule has 2 aromatic rings. The fourth-order valence-electron chi connectivity index (χ4n) is 2.77. The summed E-state index contributed by atoms with van der Waals surface area (Å²) in [5.74, 6) is 0. The zero-order chi connectivity index (χ0) is 13.6. The van der Waals surface area contributed by atoms with Gasteiger partial charge in [-0.1, -0.05) is 66.7 Å². The Balaban J connectivity index is 1.50. The van der Waals surface area contributed by atoms with Gasteiger partial charge >= 0.3 is 0 Å². The van der Waals surface area contributed by atoms with Crippen LogP contribution in [0.25, 0.3) is 0 Å². The van der Waals surface area contributed by atoms with E-state index in [4.69, 9.17) is 0 Å². The van der Waals surface area contributed by atoms with Crippen LogP contribution in [-0.2, 0) is 19.4 Å². The van der Waals surface area contributed by atoms with Gasteiger partial charge in [0.15, 0.2) is 0 Å². The fraction of sp³-hybridized carbons (Fsp3) is 0.263. The van der Waals surface area contributed by atoms with Gasteiger partial charge in [-0.3, -0.25) is 4.90 Å². The Morgan fingerprint density at radius 1 is 0.850 bits per heavy atom. The van der Waals surface area contributed by atoms with Crippen LogP contribution in [0.2, 0.25) is 0 Å². The molecule has 0 saturated carbocycles. The maximum absolute atomic E-state index is 2.52. The van der Waals surface area contributed by atoms with E-state index in [1.165, 1.54) is 29.7 Å². The SMILES string of the molecule is C(=C\CN1CCc2ccccc2C1)/Cc1ccccc1. The minimum Gasteiger partial charge on any atom is -0.295 e. The Kier molecular flexibility index (Phi) is 4.29. The summed E-state index contributed by atoms with van der Waals surface area (Å²) >= 11 is 0. The third kappa shape index (κ3) is 3.37. The lowest BCUT2D eigenvalue weighted by Gasteiger charge is -2.27. The summed E-state index contributed by atoms with van der Waals surface area (Å²) in [6.45, 7) is 3.32. The van der Waals surface area contributed by atoms with Crippen molar-refractivity contribution in [2.45, 2.75) is 19.4 Å². The van der Waals surface area contributed by atoms with Crippen LogP contribution in [0.3, 0.4) is 0 Å². The standard InChI is InChI=1S/C19H21N/c1-2-8-17(9-3-1)10-6-7-14-20-15-13-18-11-4-5-12-19(18)16-20/h1-9,11-12H,10,13-16H2/b7-6+. The summed E-state index contributed by atoms with van der Waals surface area (Å²) in [5, 5.41) is 0. The van der Waals surface area contributed by atoms with Crippen LogP contribution in [0.15, 0.2) is 66.7 Å². The second-order valence-electron chi connectivity index (χ2n) is 5.41. The first kappa shape index (κ1) is 13.1. The van der Waals surface area contributed by atoms with Crippen molar-refractivity contribution < 1.29 is 0 Å². The van der Waals surface area contributed by atoms with Gasteiger partial charge < -0.3 is 0 Å². The van der Waals surface area contributed by atoms with Crippen LogP contribution >= 0.6 is 0 Å². The minimum absolute atomic E-state index is 1.03. The van der Waals surface area contributed by atoms with E-state index in [1.54, 1.807) is 0 Å². The molecule has 0 unspecified atom stereocenters. The molecule has 102 valence electrons. The highest BCUT2D eigenvalue weighted by Crippen LogP contribution is 2.18. The summed E-state index contributed by atoms with van der Waals surface area (Å²) in [7, 11) is 0. The van der Waals surface area contributed by atoms with E-state index in [0.717, 1.165) is 19.5 Å². The molecule has 0 amide bonds. The van der Waals surface area contributed by atoms with Crippen molar-refractivity contribution in [3.05, 3.63) is 83.4 Å². The smallest absolute Gasteiger partial charge is 0.0239 e. The topological polar surface area (TPSA) is 3.24 Å². The van der Waals surface area contributed by atoms with Gasteiger partial charge in [0.25, 0.3) is 0 Å². The van der Waals surface area contributed by atoms with Gasteiger partial charge in [-0.05, 0) is 29.5 Å². The van der Waals surface area contributed by atoms with Crippen LogP contribution in [0.4, 0.5) is 0 Å². The highest BCUT2D eigenvalue weighted by atomic mass is 15.1. The van der Waals surface area contributed by atoms with Crippen LogP contribution in [0, 0.1) is 0 Å². The molecule has 0 radical (unpaired) electrons. The first-order chi connectivity index (χ1) is 9.92. The predicted octanol–water partition coefficient (Wildman–Crippen LogP) is 3.84. The highest BCUT2D eigenvalue weighted by molar-refractivity contribution is 5.29. The highest BCUT2D eigenvalue weighted by Gasteiger charge is 2.13. The number of hydrogen-bond acceptors (Lipinski definition) is 1. The molecular weight excluding hydrogens is 242 g/mol. The van der Waals surface area contributed by atoms with Gasteiger partial charge in [0, 0.05) is 19.6 Å². The van der Waals surface area contributed by atoms with Crippen LogP contribution in [-0.4, -0.2) is 18.0 Å². The van der Waals surface area contributed by atoms with E-state index in [9.17, 15) is 0 Å². The zero-order valence-electron chi connectivity index (χ0n) is 11.8. The lowest BCUT2D eigenvalue weighted by molar-refractivity contribution is 0.281. The van der Waals surface area contributed by atoms with Crippen molar-refractivity contribution in [2.75, 3.05) is 13.1 Å². The maximum atomic E-state index is 2.52. The summed E-state index contributed by atoms with van der Waals surface area (Å²) in [4.78, 5) is 2.52. The second-order valence-corrected chi connectivity index (χ2v) is 5.41. The molecule has 20 heavy (non-hydrogen) atoms. The molecule has 0 atom stereocenters. The predicted molar refractivity (Wildman–Crippen MR) is 84.7 cm³/mol. The second kappa shape index (κ2) is 6.53. The third-order valence-electron chi connectivity index (χ3n) is 3.94. The van der Waals surface area contributed by atoms with Crippen molar-refractivity contribution in [3.63, 3.8) is 0 Å². The van der Waals surface area contributed by atoms with Gasteiger partial charge in [-0.2, -0.15) is 0 Å². The van der Waals surface area contributed by atoms with Crippen molar-refractivity contribution in [1.82, 2.24) is 4.90 Å². The zero-order valence-corrected chi connectivity index (χ0v) is 11.8. The molecule has 0 saturated heterocycles. The first-order valence-corrected chi connectivity index (χ1v) is 7.40. The summed E-state index contributed by atoms with van der Waals surface area (Å²) in [6.07, 6.45) is 6.81. The molecule has 0 spiro atoms. The lowest BCUT2D eigenvalue weighted by atomic mass is 10.00. The van der Waals surface area contributed by atoms with Crippen LogP contribution in [0.1, 0.15) is 16.7 Å². The summed E-state index contributed by atoms with van der Waals surface area (Å²) in [6, 6.07) is 19.5. The van der Waals surface area contributed by atoms with Crippen molar-refractivity contribution >= 4 is 0 Å². The largest absolute Gasteiger partial charge is 0.295 e. The quantitative estimate of drug-likeness (QED) is 0.757. The van der Waals surface area contributed by atoms with E-state index in [2.05, 4.69) is 71.6 Å². The average Bonchev–Trinajstić information content (AvgIpc) is 2.52. The fourth-order valence-corrected chi connectivity index (χ4v) is 2.77. The van der Waals surface area contributed by atoms with Gasteiger partial charge in [-0.15, -0.1) is 0 Å². The monoisotopic (exact) mass is 263 g/mol. The molecule has 1 aliphatic heterocycles. The molecular formula is C19H21N. The number of hydrogen-bond donors (Lipinski definition) is 0. The van der Waals surface area contributed by atoms with E-state index in [1.807, 2.05) is 0 Å². The number of nitrogens with zero attached hydrogens (tertiary/aromatic N) is 1. The van der Waals surface area contributed by atoms with E-state index >= 15 is 0 Å². The van der Waals surface area contributed by atoms with Gasteiger partial charge in [0.2, 0.25) is 0 Å². The minimum atomic E-state index is 1.03. The first-order valence-electron chi connectivity index (χ1n) is 7.40. The number of benzene rings is 2. The van der Waals surface area contributed by atoms with Crippen LogP contribution in [0.5, 0.6) is 0 Å². The number of allylic oxidation sites excluding steroid dienone is 1. The van der Waals surface area contributed by atoms with E-state index in [-0.39, 0.29) is 0 Å². The molecule has 0 fully saturated rings. The van der Waals surface area contributed by atoms with Gasteiger partial charge in [0.05, 0.1) is 0 Å². The van der Waals surface area contributed by atoms with E-state index < -0.39 is 0 Å².